The maximum absolute atomic E-state index is 15.8. The highest BCUT2D eigenvalue weighted by Crippen LogP contribution is 2.45. The molecule has 0 heterocycles. The van der Waals surface area contributed by atoms with E-state index in [0.717, 1.165) is 31.4 Å². The molecule has 1 saturated carbocycles. The van der Waals surface area contributed by atoms with Gasteiger partial charge in [0.1, 0.15) is 11.6 Å². The summed E-state index contributed by atoms with van der Waals surface area (Å²) < 4.78 is 130. The van der Waals surface area contributed by atoms with Crippen LogP contribution in [0, 0.1) is 40.8 Å². The smallest absolute Gasteiger partial charge is 0.399 e. The first-order valence-electron chi connectivity index (χ1n) is 16.1. The lowest BCUT2D eigenvalue weighted by Crippen LogP contribution is -2.21. The molecule has 0 saturated heterocycles. The monoisotopic (exact) mass is 656 g/mol. The highest BCUT2D eigenvalue weighted by Gasteiger charge is 2.36. The third-order valence-corrected chi connectivity index (χ3v) is 9.72. The maximum Gasteiger partial charge on any atom is 0.573 e. The SMILES string of the molecule is CCCCCc1ccc(CCC2CCc3c(cc(F)c(C4CCC(c5cc(F)c(OC(F)(F)F)c(F)c5)CC4)c3F)C2)c(F)c1F. The van der Waals surface area contributed by atoms with Crippen molar-refractivity contribution in [3.63, 3.8) is 0 Å². The molecule has 250 valence electrons. The predicted molar refractivity (Wildman–Crippen MR) is 157 cm³/mol. The van der Waals surface area contributed by atoms with Crippen molar-refractivity contribution in [1.82, 2.24) is 0 Å². The average molecular weight is 657 g/mol. The van der Waals surface area contributed by atoms with Crippen LogP contribution in [0.2, 0.25) is 0 Å². The van der Waals surface area contributed by atoms with E-state index in [1.165, 1.54) is 6.07 Å². The molecule has 3 aromatic rings. The van der Waals surface area contributed by atoms with E-state index in [0.29, 0.717) is 86.5 Å². The summed E-state index contributed by atoms with van der Waals surface area (Å²) in [6, 6.07) is 6.31. The normalized spacial score (nSPS) is 20.1. The van der Waals surface area contributed by atoms with E-state index in [-0.39, 0.29) is 23.0 Å². The van der Waals surface area contributed by atoms with E-state index >= 15 is 8.78 Å². The number of rotatable bonds is 10. The topological polar surface area (TPSA) is 9.23 Å². The minimum atomic E-state index is -5.24. The first-order valence-corrected chi connectivity index (χ1v) is 16.1. The van der Waals surface area contributed by atoms with Crippen LogP contribution in [0.4, 0.5) is 39.5 Å². The molecule has 0 amide bonds. The van der Waals surface area contributed by atoms with E-state index < -0.39 is 52.9 Å². The van der Waals surface area contributed by atoms with Crippen molar-refractivity contribution in [3.05, 3.63) is 98.6 Å². The van der Waals surface area contributed by atoms with Gasteiger partial charge in [0.2, 0.25) is 5.75 Å². The minimum Gasteiger partial charge on any atom is -0.399 e. The zero-order valence-corrected chi connectivity index (χ0v) is 25.6. The quantitative estimate of drug-likeness (QED) is 0.156. The Balaban J connectivity index is 1.21. The third-order valence-electron chi connectivity index (χ3n) is 9.72. The second-order valence-electron chi connectivity index (χ2n) is 12.8. The molecule has 0 radical (unpaired) electrons. The number of halogens is 9. The Labute approximate surface area is 263 Å². The fourth-order valence-electron chi connectivity index (χ4n) is 7.25. The Kier molecular flexibility index (Phi) is 10.6. The second-order valence-corrected chi connectivity index (χ2v) is 12.8. The molecule has 3 aromatic carbocycles. The summed E-state index contributed by atoms with van der Waals surface area (Å²) in [5.74, 6) is -8.06. The number of unbranched alkanes of at least 4 members (excludes halogenated alkanes) is 2. The largest absolute Gasteiger partial charge is 0.573 e. The van der Waals surface area contributed by atoms with Crippen LogP contribution >= 0.6 is 0 Å². The molecule has 0 bridgehead atoms. The van der Waals surface area contributed by atoms with Crippen LogP contribution in [0.25, 0.3) is 0 Å². The summed E-state index contributed by atoms with van der Waals surface area (Å²) in [4.78, 5) is 0. The molecule has 1 atom stereocenters. The molecule has 10 heteroatoms. The van der Waals surface area contributed by atoms with Gasteiger partial charge in [-0.3, -0.25) is 0 Å². The zero-order chi connectivity index (χ0) is 33.2. The van der Waals surface area contributed by atoms with Crippen molar-refractivity contribution in [1.29, 1.82) is 0 Å². The van der Waals surface area contributed by atoms with E-state index in [9.17, 15) is 30.7 Å². The van der Waals surface area contributed by atoms with Crippen LogP contribution in [-0.4, -0.2) is 6.36 Å². The molecule has 0 spiro atoms. The number of aryl methyl sites for hydroxylation is 2. The Bertz CT molecular complexity index is 1520. The summed E-state index contributed by atoms with van der Waals surface area (Å²) in [5, 5.41) is 0. The van der Waals surface area contributed by atoms with Crippen molar-refractivity contribution in [2.75, 3.05) is 0 Å². The lowest BCUT2D eigenvalue weighted by atomic mass is 9.74. The molecule has 0 aromatic heterocycles. The van der Waals surface area contributed by atoms with Crippen LogP contribution < -0.4 is 4.74 Å². The predicted octanol–water partition coefficient (Wildman–Crippen LogP) is 11.3. The Morgan fingerprint density at radius 3 is 1.93 bits per heavy atom. The van der Waals surface area contributed by atoms with Crippen molar-refractivity contribution in [3.8, 4) is 5.75 Å². The average Bonchev–Trinajstić information content (AvgIpc) is 3.00. The molecular weight excluding hydrogens is 619 g/mol. The summed E-state index contributed by atoms with van der Waals surface area (Å²) in [6.45, 7) is 2.04. The van der Waals surface area contributed by atoms with Crippen molar-refractivity contribution in [2.24, 2.45) is 5.92 Å². The number of hydrogen-bond acceptors (Lipinski definition) is 1. The van der Waals surface area contributed by atoms with E-state index in [2.05, 4.69) is 4.74 Å². The van der Waals surface area contributed by atoms with Gasteiger partial charge in [0.15, 0.2) is 23.3 Å². The van der Waals surface area contributed by atoms with Crippen LogP contribution in [0.3, 0.4) is 0 Å². The van der Waals surface area contributed by atoms with Gasteiger partial charge in [-0.15, -0.1) is 13.2 Å². The third kappa shape index (κ3) is 7.68. The summed E-state index contributed by atoms with van der Waals surface area (Å²) >= 11 is 0. The zero-order valence-electron chi connectivity index (χ0n) is 25.6. The highest BCUT2D eigenvalue weighted by atomic mass is 19.4. The van der Waals surface area contributed by atoms with E-state index in [1.54, 1.807) is 12.1 Å². The molecule has 5 rings (SSSR count). The highest BCUT2D eigenvalue weighted by molar-refractivity contribution is 5.40. The molecule has 0 aliphatic heterocycles. The fraction of sp³-hybridized carbons (Fsp3) is 0.500. The van der Waals surface area contributed by atoms with Crippen molar-refractivity contribution in [2.45, 2.75) is 109 Å². The summed E-state index contributed by atoms with van der Waals surface area (Å²) in [5.41, 5.74) is 1.90. The maximum atomic E-state index is 15.8. The van der Waals surface area contributed by atoms with Crippen molar-refractivity contribution < 1.29 is 44.3 Å². The van der Waals surface area contributed by atoms with Gasteiger partial charge in [-0.25, -0.2) is 26.3 Å². The molecular formula is C36H37F9O. The molecule has 1 unspecified atom stereocenters. The van der Waals surface area contributed by atoms with E-state index in [4.69, 9.17) is 0 Å². The van der Waals surface area contributed by atoms with Crippen LogP contribution in [0.15, 0.2) is 30.3 Å². The second kappa shape index (κ2) is 14.3. The summed E-state index contributed by atoms with van der Waals surface area (Å²) in [6.07, 6.45) is 1.70. The fourth-order valence-corrected chi connectivity index (χ4v) is 7.25. The Morgan fingerprint density at radius 1 is 0.717 bits per heavy atom. The number of ether oxygens (including phenoxy) is 1. The molecule has 0 N–H and O–H groups in total. The van der Waals surface area contributed by atoms with Gasteiger partial charge in [0, 0.05) is 5.56 Å². The van der Waals surface area contributed by atoms with Gasteiger partial charge in [-0.05, 0) is 134 Å². The van der Waals surface area contributed by atoms with Gasteiger partial charge >= 0.3 is 6.36 Å². The minimum absolute atomic E-state index is 0.00138. The molecule has 46 heavy (non-hydrogen) atoms. The standard InChI is InChI=1S/C36H37F9O/c1-2-3-4-5-23-13-14-24(33(41)32(23)40)8-6-20-7-15-27-26(16-20)19-28(37)31(34(27)42)22-11-9-21(10-12-22)25-17-29(38)35(30(39)18-25)46-36(43,44)45/h13-14,17-22H,2-12,15-16H2,1H3. The van der Waals surface area contributed by atoms with Gasteiger partial charge < -0.3 is 4.74 Å². The lowest BCUT2D eigenvalue weighted by Gasteiger charge is -2.32. The molecule has 2 aliphatic rings. The number of benzene rings is 3. The lowest BCUT2D eigenvalue weighted by molar-refractivity contribution is -0.276. The van der Waals surface area contributed by atoms with Crippen LogP contribution in [0.1, 0.15) is 110 Å². The molecule has 2 aliphatic carbocycles. The van der Waals surface area contributed by atoms with Gasteiger partial charge in [-0.2, -0.15) is 0 Å². The Morgan fingerprint density at radius 2 is 1.33 bits per heavy atom. The molecule has 1 fully saturated rings. The van der Waals surface area contributed by atoms with Gasteiger partial charge in [0.05, 0.1) is 0 Å². The number of hydrogen-bond donors (Lipinski definition) is 0. The first-order chi connectivity index (χ1) is 21.9. The van der Waals surface area contributed by atoms with E-state index in [1.807, 2.05) is 6.92 Å². The first kappa shape index (κ1) is 34.2. The summed E-state index contributed by atoms with van der Waals surface area (Å²) in [7, 11) is 0. The number of alkyl halides is 3. The van der Waals surface area contributed by atoms with Gasteiger partial charge in [0.25, 0.3) is 0 Å². The van der Waals surface area contributed by atoms with Gasteiger partial charge in [-0.1, -0.05) is 31.9 Å². The Hall–Kier alpha value is -3.17. The van der Waals surface area contributed by atoms with Crippen molar-refractivity contribution >= 4 is 0 Å². The van der Waals surface area contributed by atoms with Crippen LogP contribution in [-0.2, 0) is 25.7 Å². The number of fused-ring (bicyclic) bond motifs is 1. The van der Waals surface area contributed by atoms with Crippen LogP contribution in [0.5, 0.6) is 5.75 Å². The molecule has 1 nitrogen and oxygen atoms in total.